The number of anilines is 1. The summed E-state index contributed by atoms with van der Waals surface area (Å²) in [4.78, 5) is 10.4. The van der Waals surface area contributed by atoms with Crippen LogP contribution in [0.25, 0.3) is 0 Å². The van der Waals surface area contributed by atoms with Crippen LogP contribution in [0.1, 0.15) is 17.5 Å². The van der Waals surface area contributed by atoms with Crippen molar-refractivity contribution in [3.8, 4) is 0 Å². The van der Waals surface area contributed by atoms with Crippen molar-refractivity contribution in [1.82, 2.24) is 0 Å². The molecule has 0 spiro atoms. The number of carboxylic acid groups (broad SMARTS) is 1. The van der Waals surface area contributed by atoms with E-state index in [0.717, 1.165) is 5.56 Å². The molecule has 0 bridgehead atoms. The molecule has 0 fully saturated rings. The van der Waals surface area contributed by atoms with Crippen molar-refractivity contribution in [2.75, 3.05) is 4.72 Å². The normalized spacial score (nSPS) is 11.2. The first-order valence-corrected chi connectivity index (χ1v) is 8.34. The lowest BCUT2D eigenvalue weighted by Gasteiger charge is -2.10. The first-order chi connectivity index (χ1) is 10.8. The van der Waals surface area contributed by atoms with Gasteiger partial charge < -0.3 is 9.90 Å². The molecule has 0 atom stereocenters. The Morgan fingerprint density at radius 1 is 1.17 bits per heavy atom. The van der Waals surface area contributed by atoms with Crippen LogP contribution in [0.5, 0.6) is 0 Å². The van der Waals surface area contributed by atoms with E-state index in [-0.39, 0.29) is 23.4 Å². The number of aliphatic carboxylic acids is 1. The van der Waals surface area contributed by atoms with Crippen LogP contribution in [0, 0.1) is 12.7 Å². The third-order valence-corrected chi connectivity index (χ3v) is 4.60. The highest BCUT2D eigenvalue weighted by molar-refractivity contribution is 7.92. The molecule has 0 aliphatic rings. The predicted molar refractivity (Wildman–Crippen MR) is 81.7 cm³/mol. The molecule has 0 radical (unpaired) electrons. The van der Waals surface area contributed by atoms with E-state index in [1.165, 1.54) is 36.4 Å². The highest BCUT2D eigenvalue weighted by Gasteiger charge is 2.16. The Kier molecular flexibility index (Phi) is 5.00. The van der Waals surface area contributed by atoms with Crippen LogP contribution in [-0.4, -0.2) is 14.4 Å². The Labute approximate surface area is 133 Å². The second-order valence-electron chi connectivity index (χ2n) is 5.10. The number of sulfonamides is 1. The van der Waals surface area contributed by atoms with Crippen molar-refractivity contribution in [2.45, 2.75) is 24.7 Å². The molecule has 23 heavy (non-hydrogen) atoms. The monoisotopic (exact) mass is 336 g/mol. The van der Waals surface area contributed by atoms with Gasteiger partial charge in [-0.2, -0.15) is 0 Å². The van der Waals surface area contributed by atoms with Crippen LogP contribution in [0.2, 0.25) is 0 Å². The second-order valence-corrected chi connectivity index (χ2v) is 6.79. The van der Waals surface area contributed by atoms with Crippen molar-refractivity contribution < 1.29 is 22.7 Å². The predicted octanol–water partition coefficient (Wildman–Crippen LogP) is 1.62. The summed E-state index contributed by atoms with van der Waals surface area (Å²) >= 11 is 0. The molecule has 2 aromatic carbocycles. The highest BCUT2D eigenvalue weighted by atomic mass is 32.2. The van der Waals surface area contributed by atoms with Gasteiger partial charge in [-0.25, -0.2) is 12.8 Å². The number of halogens is 1. The second kappa shape index (κ2) is 6.78. The van der Waals surface area contributed by atoms with E-state index in [0.29, 0.717) is 5.56 Å². The van der Waals surface area contributed by atoms with Crippen LogP contribution in [0.3, 0.4) is 0 Å². The molecule has 0 aliphatic heterocycles. The van der Waals surface area contributed by atoms with Crippen LogP contribution in [-0.2, 0) is 21.2 Å². The smallest absolute Gasteiger partial charge is 0.261 e. The van der Waals surface area contributed by atoms with E-state index in [2.05, 4.69) is 4.72 Å². The fourth-order valence-electron chi connectivity index (χ4n) is 2.00. The van der Waals surface area contributed by atoms with Gasteiger partial charge in [0, 0.05) is 5.97 Å². The Morgan fingerprint density at radius 2 is 1.83 bits per heavy atom. The Bertz CT molecular complexity index is 816. The van der Waals surface area contributed by atoms with Gasteiger partial charge in [0.2, 0.25) is 0 Å². The molecule has 7 heteroatoms. The van der Waals surface area contributed by atoms with Gasteiger partial charge in [-0.3, -0.25) is 4.72 Å². The molecule has 122 valence electrons. The van der Waals surface area contributed by atoms with Gasteiger partial charge in [0.05, 0.1) is 10.6 Å². The van der Waals surface area contributed by atoms with E-state index >= 15 is 0 Å². The molecular formula is C16H15FNO4S-. The average Bonchev–Trinajstić information content (AvgIpc) is 2.49. The summed E-state index contributed by atoms with van der Waals surface area (Å²) in [5, 5.41) is 10.4. The molecular weight excluding hydrogens is 321 g/mol. The maximum absolute atomic E-state index is 13.7. The number of carbonyl (C=O) groups is 1. The maximum Gasteiger partial charge on any atom is 0.261 e. The number of carboxylic acids is 1. The maximum atomic E-state index is 13.7. The van der Waals surface area contributed by atoms with Crippen molar-refractivity contribution in [3.05, 3.63) is 59.4 Å². The number of carbonyl (C=O) groups excluding carboxylic acids is 1. The van der Waals surface area contributed by atoms with Gasteiger partial charge in [0.25, 0.3) is 10.0 Å². The number of hydrogen-bond donors (Lipinski definition) is 1. The van der Waals surface area contributed by atoms with Crippen LogP contribution in [0.4, 0.5) is 10.1 Å². The zero-order chi connectivity index (χ0) is 17.0. The van der Waals surface area contributed by atoms with Crippen molar-refractivity contribution in [2.24, 2.45) is 0 Å². The van der Waals surface area contributed by atoms with Gasteiger partial charge in [0.15, 0.2) is 0 Å². The standard InChI is InChI=1S/C16H16FNO4S/c1-11-2-8-14(17)15(10-11)18-23(21,22)13-6-3-12(4-7-13)5-9-16(19)20/h2-4,6-8,10,18H,5,9H2,1H3,(H,19,20)/p-1. The fraction of sp³-hybridized carbons (Fsp3) is 0.188. The van der Waals surface area contributed by atoms with Crippen molar-refractivity contribution in [1.29, 1.82) is 0 Å². The Morgan fingerprint density at radius 3 is 2.43 bits per heavy atom. The molecule has 0 saturated carbocycles. The van der Waals surface area contributed by atoms with Crippen LogP contribution < -0.4 is 9.83 Å². The van der Waals surface area contributed by atoms with Gasteiger partial charge in [-0.1, -0.05) is 18.2 Å². The van der Waals surface area contributed by atoms with Gasteiger partial charge >= 0.3 is 0 Å². The van der Waals surface area contributed by atoms with Gasteiger partial charge in [-0.15, -0.1) is 0 Å². The number of aryl methyl sites for hydroxylation is 2. The van der Waals surface area contributed by atoms with E-state index in [1.807, 2.05) is 0 Å². The van der Waals surface area contributed by atoms with E-state index in [9.17, 15) is 22.7 Å². The number of hydrogen-bond acceptors (Lipinski definition) is 4. The third-order valence-electron chi connectivity index (χ3n) is 3.22. The summed E-state index contributed by atoms with van der Waals surface area (Å²) < 4.78 is 40.4. The van der Waals surface area contributed by atoms with E-state index < -0.39 is 21.8 Å². The lowest BCUT2D eigenvalue weighted by atomic mass is 10.1. The summed E-state index contributed by atoms with van der Waals surface area (Å²) in [5.74, 6) is -1.83. The molecule has 5 nitrogen and oxygen atoms in total. The average molecular weight is 336 g/mol. The topological polar surface area (TPSA) is 86.3 Å². The van der Waals surface area contributed by atoms with Crippen LogP contribution >= 0.6 is 0 Å². The lowest BCUT2D eigenvalue weighted by molar-refractivity contribution is -0.305. The summed E-state index contributed by atoms with van der Waals surface area (Å²) in [7, 11) is -3.92. The molecule has 2 rings (SSSR count). The number of benzene rings is 2. The zero-order valence-electron chi connectivity index (χ0n) is 12.4. The molecule has 0 aliphatic carbocycles. The first kappa shape index (κ1) is 17.0. The zero-order valence-corrected chi connectivity index (χ0v) is 13.2. The Hall–Kier alpha value is -2.41. The quantitative estimate of drug-likeness (QED) is 0.868. The summed E-state index contributed by atoms with van der Waals surface area (Å²) in [6, 6.07) is 9.87. The number of nitrogens with one attached hydrogen (secondary N) is 1. The highest BCUT2D eigenvalue weighted by Crippen LogP contribution is 2.21. The van der Waals surface area contributed by atoms with E-state index in [1.54, 1.807) is 13.0 Å². The minimum atomic E-state index is -3.92. The molecule has 0 saturated heterocycles. The minimum absolute atomic E-state index is 0.0318. The summed E-state index contributed by atoms with van der Waals surface area (Å²) in [6.07, 6.45) is 0.113. The van der Waals surface area contributed by atoms with Crippen molar-refractivity contribution in [3.63, 3.8) is 0 Å². The molecule has 0 unspecified atom stereocenters. The van der Waals surface area contributed by atoms with E-state index in [4.69, 9.17) is 0 Å². The SMILES string of the molecule is Cc1ccc(F)c(NS(=O)(=O)c2ccc(CCC(=O)[O-])cc2)c1. The summed E-state index contributed by atoms with van der Waals surface area (Å²) in [5.41, 5.74) is 1.28. The fourth-order valence-corrected chi connectivity index (χ4v) is 3.06. The van der Waals surface area contributed by atoms with Crippen LogP contribution in [0.15, 0.2) is 47.4 Å². The van der Waals surface area contributed by atoms with Crippen molar-refractivity contribution >= 4 is 21.7 Å². The molecule has 0 aromatic heterocycles. The molecule has 2 aromatic rings. The third kappa shape index (κ3) is 4.53. The number of rotatable bonds is 6. The first-order valence-electron chi connectivity index (χ1n) is 6.86. The molecule has 1 N–H and O–H groups in total. The van der Waals surface area contributed by atoms with Gasteiger partial charge in [0.1, 0.15) is 5.82 Å². The molecule has 0 heterocycles. The largest absolute Gasteiger partial charge is 0.550 e. The lowest BCUT2D eigenvalue weighted by Crippen LogP contribution is -2.22. The minimum Gasteiger partial charge on any atom is -0.550 e. The van der Waals surface area contributed by atoms with Gasteiger partial charge in [-0.05, 0) is 55.2 Å². The summed E-state index contributed by atoms with van der Waals surface area (Å²) in [6.45, 7) is 1.73. The molecule has 0 amide bonds. The Balaban J connectivity index is 2.19.